The van der Waals surface area contributed by atoms with Crippen molar-refractivity contribution in [2.45, 2.75) is 38.6 Å². The normalized spacial score (nSPS) is 17.1. The molecule has 0 amide bonds. The zero-order chi connectivity index (χ0) is 19.5. The Bertz CT molecular complexity index is 541. The molecule has 2 rings (SSSR count). The van der Waals surface area contributed by atoms with Crippen LogP contribution in [0.3, 0.4) is 0 Å². The smallest absolute Gasteiger partial charge is 0.193 e. The molecule has 1 N–H and O–H groups in total. The zero-order valence-corrected chi connectivity index (χ0v) is 17.7. The lowest BCUT2D eigenvalue weighted by Gasteiger charge is -2.28. The maximum atomic E-state index is 5.47. The lowest BCUT2D eigenvalue weighted by Crippen LogP contribution is -2.41. The van der Waals surface area contributed by atoms with E-state index in [1.54, 1.807) is 0 Å². The highest BCUT2D eigenvalue weighted by Gasteiger charge is 2.16. The first-order valence-electron chi connectivity index (χ1n) is 10.4. The van der Waals surface area contributed by atoms with Gasteiger partial charge in [0, 0.05) is 39.4 Å². The maximum Gasteiger partial charge on any atom is 0.193 e. The summed E-state index contributed by atoms with van der Waals surface area (Å²) < 4.78 is 5.47. The first kappa shape index (κ1) is 21.7. The molecule has 1 aromatic carbocycles. The summed E-state index contributed by atoms with van der Waals surface area (Å²) in [4.78, 5) is 9.53. The first-order valence-corrected chi connectivity index (χ1v) is 10.4. The van der Waals surface area contributed by atoms with Crippen LogP contribution in [0.2, 0.25) is 0 Å². The van der Waals surface area contributed by atoms with Gasteiger partial charge in [-0.15, -0.1) is 0 Å². The molecule has 1 heterocycles. The number of ether oxygens (including phenoxy) is 1. The Balaban J connectivity index is 1.92. The minimum Gasteiger partial charge on any atom is -0.381 e. The summed E-state index contributed by atoms with van der Waals surface area (Å²) >= 11 is 0. The third-order valence-corrected chi connectivity index (χ3v) is 5.41. The van der Waals surface area contributed by atoms with Crippen LogP contribution in [0.1, 0.15) is 31.7 Å². The number of nitrogens with zero attached hydrogens (tertiary/aromatic N) is 3. The van der Waals surface area contributed by atoms with Crippen molar-refractivity contribution in [3.8, 4) is 0 Å². The van der Waals surface area contributed by atoms with E-state index in [1.165, 1.54) is 24.8 Å². The van der Waals surface area contributed by atoms with E-state index >= 15 is 0 Å². The molecule has 0 aliphatic carbocycles. The zero-order valence-electron chi connectivity index (χ0n) is 17.7. The highest BCUT2D eigenvalue weighted by Crippen LogP contribution is 2.18. The van der Waals surface area contributed by atoms with E-state index in [9.17, 15) is 0 Å². The fraction of sp³-hybridized carbons (Fsp3) is 0.682. The van der Waals surface area contributed by atoms with Crippen molar-refractivity contribution in [3.63, 3.8) is 0 Å². The monoisotopic (exact) mass is 374 g/mol. The molecular formula is C22H38N4O. The number of likely N-dealkylation sites (N-methyl/N-ethyl adjacent to an activating group) is 1. The average Bonchev–Trinajstić information content (AvgIpc) is 2.69. The van der Waals surface area contributed by atoms with Crippen LogP contribution in [-0.2, 0) is 11.2 Å². The van der Waals surface area contributed by atoms with E-state index in [2.05, 4.69) is 73.5 Å². The highest BCUT2D eigenvalue weighted by molar-refractivity contribution is 5.79. The number of aliphatic imine (C=N–C) groups is 1. The Morgan fingerprint density at radius 3 is 2.52 bits per heavy atom. The second kappa shape index (κ2) is 12.0. The van der Waals surface area contributed by atoms with Gasteiger partial charge in [-0.3, -0.25) is 4.99 Å². The molecule has 0 radical (unpaired) electrons. The summed E-state index contributed by atoms with van der Waals surface area (Å²) in [7, 11) is 6.44. The number of benzene rings is 1. The second-order valence-electron chi connectivity index (χ2n) is 7.77. The number of nitrogens with one attached hydrogen (secondary N) is 1. The van der Waals surface area contributed by atoms with Crippen LogP contribution < -0.4 is 5.32 Å². The van der Waals surface area contributed by atoms with E-state index in [4.69, 9.17) is 9.73 Å². The van der Waals surface area contributed by atoms with Gasteiger partial charge in [0.2, 0.25) is 0 Å². The minimum absolute atomic E-state index is 0.393. The van der Waals surface area contributed by atoms with Crippen molar-refractivity contribution in [3.05, 3.63) is 35.9 Å². The van der Waals surface area contributed by atoms with Crippen LogP contribution in [0.25, 0.3) is 0 Å². The summed E-state index contributed by atoms with van der Waals surface area (Å²) in [5.41, 5.74) is 1.37. The topological polar surface area (TPSA) is 40.1 Å². The molecule has 0 spiro atoms. The van der Waals surface area contributed by atoms with Crippen molar-refractivity contribution in [1.82, 2.24) is 15.1 Å². The second-order valence-corrected chi connectivity index (χ2v) is 7.77. The van der Waals surface area contributed by atoms with E-state index in [0.29, 0.717) is 6.04 Å². The van der Waals surface area contributed by atoms with Gasteiger partial charge >= 0.3 is 0 Å². The largest absolute Gasteiger partial charge is 0.381 e. The summed E-state index contributed by atoms with van der Waals surface area (Å²) in [5, 5.41) is 3.46. The Morgan fingerprint density at radius 1 is 1.19 bits per heavy atom. The quantitative estimate of drug-likeness (QED) is 0.533. The molecule has 1 aromatic rings. The summed E-state index contributed by atoms with van der Waals surface area (Å²) in [6, 6.07) is 11.1. The number of hydrogen-bond acceptors (Lipinski definition) is 3. The van der Waals surface area contributed by atoms with Crippen LogP contribution in [0.15, 0.2) is 35.3 Å². The molecule has 1 saturated heterocycles. The van der Waals surface area contributed by atoms with Crippen molar-refractivity contribution < 1.29 is 4.74 Å². The Kier molecular flexibility index (Phi) is 9.64. The number of rotatable bonds is 9. The minimum atomic E-state index is 0.393. The van der Waals surface area contributed by atoms with Gasteiger partial charge in [-0.05, 0) is 58.2 Å². The summed E-state index contributed by atoms with van der Waals surface area (Å²) in [6.45, 7) is 6.72. The standard InChI is InChI=1S/C22H38N4O/c1-5-23-22(26(4)14-11-19-12-15-27-16-13-19)24-18-21(25(2)3)17-20-9-7-6-8-10-20/h6-10,19,21H,5,11-18H2,1-4H3,(H,23,24). The maximum absolute atomic E-state index is 5.47. The SMILES string of the molecule is CCNC(=NCC(Cc1ccccc1)N(C)C)N(C)CCC1CCOCC1. The Hall–Kier alpha value is -1.59. The first-order chi connectivity index (χ1) is 13.1. The van der Waals surface area contributed by atoms with Gasteiger partial charge in [0.25, 0.3) is 0 Å². The Morgan fingerprint density at radius 2 is 1.89 bits per heavy atom. The van der Waals surface area contributed by atoms with Gasteiger partial charge in [0.05, 0.1) is 6.54 Å². The lowest BCUT2D eigenvalue weighted by atomic mass is 9.96. The van der Waals surface area contributed by atoms with E-state index in [1.807, 2.05) is 0 Å². The summed E-state index contributed by atoms with van der Waals surface area (Å²) in [5.74, 6) is 1.81. The van der Waals surface area contributed by atoms with Crippen LogP contribution in [-0.4, -0.2) is 75.8 Å². The fourth-order valence-corrected chi connectivity index (χ4v) is 3.48. The molecule has 27 heavy (non-hydrogen) atoms. The van der Waals surface area contributed by atoms with Crippen LogP contribution in [0, 0.1) is 5.92 Å². The molecule has 0 saturated carbocycles. The highest BCUT2D eigenvalue weighted by atomic mass is 16.5. The van der Waals surface area contributed by atoms with Crippen molar-refractivity contribution in [1.29, 1.82) is 0 Å². The summed E-state index contributed by atoms with van der Waals surface area (Å²) in [6.07, 6.45) is 4.62. The van der Waals surface area contributed by atoms with Crippen molar-refractivity contribution in [2.24, 2.45) is 10.9 Å². The average molecular weight is 375 g/mol. The molecule has 1 unspecified atom stereocenters. The van der Waals surface area contributed by atoms with E-state index in [-0.39, 0.29) is 0 Å². The van der Waals surface area contributed by atoms with Crippen LogP contribution in [0.5, 0.6) is 0 Å². The lowest BCUT2D eigenvalue weighted by molar-refractivity contribution is 0.0625. The molecule has 1 atom stereocenters. The molecular weight excluding hydrogens is 336 g/mol. The molecule has 0 aromatic heterocycles. The molecule has 5 nitrogen and oxygen atoms in total. The van der Waals surface area contributed by atoms with Gasteiger partial charge < -0.3 is 19.9 Å². The van der Waals surface area contributed by atoms with Crippen molar-refractivity contribution in [2.75, 3.05) is 54.0 Å². The van der Waals surface area contributed by atoms with Gasteiger partial charge in [-0.1, -0.05) is 30.3 Å². The molecule has 1 aliphatic rings. The Labute approximate surface area is 165 Å². The van der Waals surface area contributed by atoms with Gasteiger partial charge in [0.15, 0.2) is 5.96 Å². The van der Waals surface area contributed by atoms with Crippen LogP contribution >= 0.6 is 0 Å². The molecule has 1 fully saturated rings. The van der Waals surface area contributed by atoms with Crippen molar-refractivity contribution >= 4 is 5.96 Å². The molecule has 5 heteroatoms. The molecule has 152 valence electrons. The third-order valence-electron chi connectivity index (χ3n) is 5.41. The predicted octanol–water partition coefficient (Wildman–Crippen LogP) is 2.87. The molecule has 0 bridgehead atoms. The fourth-order valence-electron chi connectivity index (χ4n) is 3.48. The van der Waals surface area contributed by atoms with Gasteiger partial charge in [0.1, 0.15) is 0 Å². The van der Waals surface area contributed by atoms with E-state index in [0.717, 1.165) is 51.1 Å². The third kappa shape index (κ3) is 7.89. The van der Waals surface area contributed by atoms with Crippen LogP contribution in [0.4, 0.5) is 0 Å². The number of guanidine groups is 1. The van der Waals surface area contributed by atoms with Gasteiger partial charge in [-0.25, -0.2) is 0 Å². The predicted molar refractivity (Wildman–Crippen MR) is 114 cm³/mol. The van der Waals surface area contributed by atoms with E-state index < -0.39 is 0 Å². The number of hydrogen-bond donors (Lipinski definition) is 1. The van der Waals surface area contributed by atoms with Gasteiger partial charge in [-0.2, -0.15) is 0 Å². The molecule has 1 aliphatic heterocycles.